The first-order valence-electron chi connectivity index (χ1n) is 8.36. The molecular weight excluding hydrogens is 322 g/mol. The molecule has 0 bridgehead atoms. The number of hydrogen-bond acceptors (Lipinski definition) is 6. The zero-order valence-electron chi connectivity index (χ0n) is 13.5. The van der Waals surface area contributed by atoms with E-state index in [1.54, 1.807) is 17.5 Å². The molecule has 124 valence electrons. The van der Waals surface area contributed by atoms with Crippen LogP contribution in [0.5, 0.6) is 0 Å². The number of piperidine rings is 1. The minimum Gasteiger partial charge on any atom is -0.347 e. The van der Waals surface area contributed by atoms with Crippen molar-refractivity contribution in [3.05, 3.63) is 12.3 Å². The smallest absolute Gasteiger partial charge is 0.228 e. The number of rotatable bonds is 3. The number of hydrogen-bond donors (Lipinski definition) is 1. The van der Waals surface area contributed by atoms with Gasteiger partial charge in [-0.25, -0.2) is 9.97 Å². The molecule has 0 radical (unpaired) electrons. The van der Waals surface area contributed by atoms with Crippen LogP contribution >= 0.6 is 11.3 Å². The van der Waals surface area contributed by atoms with E-state index in [-0.39, 0.29) is 17.7 Å². The highest BCUT2D eigenvalue weighted by molar-refractivity contribution is 7.22. The first-order chi connectivity index (χ1) is 11.7. The van der Waals surface area contributed by atoms with Crippen molar-refractivity contribution in [3.8, 4) is 6.07 Å². The van der Waals surface area contributed by atoms with Crippen molar-refractivity contribution in [3.63, 3.8) is 0 Å². The van der Waals surface area contributed by atoms with Gasteiger partial charge in [-0.05, 0) is 31.2 Å². The zero-order chi connectivity index (χ0) is 16.7. The topological polar surface area (TPSA) is 81.9 Å². The summed E-state index contributed by atoms with van der Waals surface area (Å²) in [7, 11) is 0. The van der Waals surface area contributed by atoms with Crippen LogP contribution in [0.25, 0.3) is 10.2 Å². The van der Waals surface area contributed by atoms with Crippen LogP contribution < -0.4 is 10.2 Å². The molecule has 4 rings (SSSR count). The van der Waals surface area contributed by atoms with Gasteiger partial charge < -0.3 is 10.2 Å². The quantitative estimate of drug-likeness (QED) is 0.928. The van der Waals surface area contributed by atoms with Crippen molar-refractivity contribution >= 4 is 38.4 Å². The summed E-state index contributed by atoms with van der Waals surface area (Å²) in [5, 5.41) is 13.0. The van der Waals surface area contributed by atoms with Gasteiger partial charge in [0, 0.05) is 25.2 Å². The Bertz CT molecular complexity index is 826. The van der Waals surface area contributed by atoms with Crippen LogP contribution in [-0.4, -0.2) is 29.0 Å². The second-order valence-corrected chi connectivity index (χ2v) is 7.70. The van der Waals surface area contributed by atoms with Crippen LogP contribution in [0.4, 0.5) is 10.9 Å². The van der Waals surface area contributed by atoms with Gasteiger partial charge in [-0.1, -0.05) is 18.3 Å². The Morgan fingerprint density at radius 3 is 3.12 bits per heavy atom. The van der Waals surface area contributed by atoms with Crippen molar-refractivity contribution in [2.75, 3.05) is 23.3 Å². The number of fused-ring (bicyclic) bond motifs is 1. The fourth-order valence-corrected chi connectivity index (χ4v) is 4.26. The van der Waals surface area contributed by atoms with Gasteiger partial charge in [0.25, 0.3) is 0 Å². The van der Waals surface area contributed by atoms with E-state index >= 15 is 0 Å². The maximum Gasteiger partial charge on any atom is 0.228 e. The molecule has 1 saturated heterocycles. The summed E-state index contributed by atoms with van der Waals surface area (Å²) in [5.74, 6) is 1.32. The molecule has 0 unspecified atom stereocenters. The lowest BCUT2D eigenvalue weighted by atomic mass is 10.0. The number of thiazole rings is 1. The van der Waals surface area contributed by atoms with Gasteiger partial charge in [0.15, 0.2) is 10.9 Å². The van der Waals surface area contributed by atoms with E-state index < -0.39 is 0 Å². The van der Waals surface area contributed by atoms with E-state index in [1.807, 2.05) is 6.07 Å². The molecule has 24 heavy (non-hydrogen) atoms. The van der Waals surface area contributed by atoms with Gasteiger partial charge in [0.1, 0.15) is 0 Å². The number of carbonyl (C=O) groups excluding carboxylic acids is 1. The van der Waals surface area contributed by atoms with Crippen LogP contribution in [0.15, 0.2) is 12.3 Å². The van der Waals surface area contributed by atoms with E-state index in [1.165, 1.54) is 0 Å². The number of nitriles is 1. The number of carbonyl (C=O) groups is 1. The molecule has 1 N–H and O–H groups in total. The molecule has 1 aliphatic heterocycles. The highest BCUT2D eigenvalue weighted by atomic mass is 32.1. The zero-order valence-corrected chi connectivity index (χ0v) is 14.3. The third-order valence-corrected chi connectivity index (χ3v) is 5.99. The Kier molecular flexibility index (Phi) is 3.85. The molecule has 2 aliphatic rings. The number of pyridine rings is 1. The van der Waals surface area contributed by atoms with Crippen molar-refractivity contribution in [2.24, 2.45) is 17.8 Å². The minimum atomic E-state index is 0.0555. The largest absolute Gasteiger partial charge is 0.347 e. The highest BCUT2D eigenvalue weighted by Crippen LogP contribution is 2.39. The molecule has 2 aromatic heterocycles. The summed E-state index contributed by atoms with van der Waals surface area (Å²) >= 11 is 1.55. The normalized spacial score (nSPS) is 26.2. The monoisotopic (exact) mass is 341 g/mol. The SMILES string of the molecule is C[C@@H]1C[C@H]1C(=O)Nc1nccc2nc(N3CCC[C@H](C#N)C3)sc12. The summed E-state index contributed by atoms with van der Waals surface area (Å²) < 4.78 is 0.910. The molecule has 0 spiro atoms. The van der Waals surface area contributed by atoms with Crippen molar-refractivity contribution in [1.82, 2.24) is 9.97 Å². The maximum atomic E-state index is 12.2. The van der Waals surface area contributed by atoms with Crippen molar-refractivity contribution < 1.29 is 4.79 Å². The summed E-state index contributed by atoms with van der Waals surface area (Å²) in [6.07, 6.45) is 4.61. The van der Waals surface area contributed by atoms with Crippen LogP contribution in [-0.2, 0) is 4.79 Å². The molecule has 1 aliphatic carbocycles. The molecule has 1 amide bonds. The lowest BCUT2D eigenvalue weighted by molar-refractivity contribution is -0.117. The molecule has 2 fully saturated rings. The lowest BCUT2D eigenvalue weighted by Crippen LogP contribution is -2.34. The highest BCUT2D eigenvalue weighted by Gasteiger charge is 2.39. The summed E-state index contributed by atoms with van der Waals surface area (Å²) in [5.41, 5.74) is 0.850. The average Bonchev–Trinajstić information content (AvgIpc) is 3.17. The van der Waals surface area contributed by atoms with E-state index in [0.717, 1.165) is 47.7 Å². The number of amides is 1. The second kappa shape index (κ2) is 6.02. The van der Waals surface area contributed by atoms with E-state index in [4.69, 9.17) is 10.2 Å². The second-order valence-electron chi connectivity index (χ2n) is 6.73. The number of nitrogens with one attached hydrogen (secondary N) is 1. The number of aromatic nitrogens is 2. The Morgan fingerprint density at radius 1 is 1.54 bits per heavy atom. The predicted octanol–water partition coefficient (Wildman–Crippen LogP) is 3.03. The molecule has 2 aromatic rings. The van der Waals surface area contributed by atoms with E-state index in [0.29, 0.717) is 11.7 Å². The Morgan fingerprint density at radius 2 is 2.38 bits per heavy atom. The molecule has 3 heterocycles. The van der Waals surface area contributed by atoms with Crippen LogP contribution in [0.2, 0.25) is 0 Å². The Hall–Kier alpha value is -2.20. The fourth-order valence-electron chi connectivity index (χ4n) is 3.22. The first-order valence-corrected chi connectivity index (χ1v) is 9.18. The summed E-state index contributed by atoms with van der Waals surface area (Å²) in [6, 6.07) is 4.24. The molecule has 0 aromatic carbocycles. The molecule has 7 heteroatoms. The number of nitrogens with zero attached hydrogens (tertiary/aromatic N) is 4. The first kappa shape index (κ1) is 15.3. The number of anilines is 2. The molecular formula is C17H19N5OS. The third-order valence-electron chi connectivity index (χ3n) is 4.86. The van der Waals surface area contributed by atoms with Crippen molar-refractivity contribution in [2.45, 2.75) is 26.2 Å². The van der Waals surface area contributed by atoms with Gasteiger partial charge >= 0.3 is 0 Å². The molecule has 3 atom stereocenters. The van der Waals surface area contributed by atoms with Gasteiger partial charge in [-0.15, -0.1) is 0 Å². The molecule has 6 nitrogen and oxygen atoms in total. The maximum absolute atomic E-state index is 12.2. The molecule has 1 saturated carbocycles. The fraction of sp³-hybridized carbons (Fsp3) is 0.529. The van der Waals surface area contributed by atoms with Gasteiger partial charge in [-0.3, -0.25) is 4.79 Å². The standard InChI is InChI=1S/C17H19N5OS/c1-10-7-12(10)16(23)21-15-14-13(4-5-19-15)20-17(24-14)22-6-2-3-11(8-18)9-22/h4-5,10-12H,2-3,6-7,9H2,1H3,(H,19,21,23)/t10-,11-,12-/m1/s1. The average molecular weight is 341 g/mol. The predicted molar refractivity (Wildman–Crippen MR) is 93.9 cm³/mol. The van der Waals surface area contributed by atoms with Gasteiger partial charge in [-0.2, -0.15) is 5.26 Å². The van der Waals surface area contributed by atoms with Crippen molar-refractivity contribution in [1.29, 1.82) is 5.26 Å². The summed E-state index contributed by atoms with van der Waals surface area (Å²) in [4.78, 5) is 23.4. The Labute approximate surface area is 144 Å². The van der Waals surface area contributed by atoms with Crippen LogP contribution in [0.3, 0.4) is 0 Å². The van der Waals surface area contributed by atoms with Gasteiger partial charge in [0.2, 0.25) is 5.91 Å². The minimum absolute atomic E-state index is 0.0555. The van der Waals surface area contributed by atoms with E-state index in [9.17, 15) is 4.79 Å². The van der Waals surface area contributed by atoms with Gasteiger partial charge in [0.05, 0.1) is 22.2 Å². The third kappa shape index (κ3) is 2.82. The van der Waals surface area contributed by atoms with Crippen LogP contribution in [0.1, 0.15) is 26.2 Å². The Balaban J connectivity index is 1.60. The van der Waals surface area contributed by atoms with E-state index in [2.05, 4.69) is 28.2 Å². The summed E-state index contributed by atoms with van der Waals surface area (Å²) in [6.45, 7) is 3.74. The van der Waals surface area contributed by atoms with Crippen LogP contribution in [0, 0.1) is 29.1 Å². The lowest BCUT2D eigenvalue weighted by Gasteiger charge is -2.28.